The molecule has 14 heteroatoms. The molecule has 0 aliphatic heterocycles. The lowest BCUT2D eigenvalue weighted by Gasteiger charge is -2.19. The molecule has 1 amide bonds. The standard InChI is InChI=1S/C16H21N2O11P/c17-10-3-1-9(2-4-10)14(21)18-11(15(22)23)7-8-28-30(26,27)29-12(16(24)25)5-6-13(19)20/h1-4,11-12H,5-8,17H2,(H,18,21)(H,19,20)(H,22,23)(H,24,25)(H,26,27)/t11-,12-/m0/s1. The van der Waals surface area contributed by atoms with Gasteiger partial charge in [-0.15, -0.1) is 0 Å². The predicted molar refractivity (Wildman–Crippen MR) is 99.5 cm³/mol. The molecule has 0 aliphatic rings. The van der Waals surface area contributed by atoms with Gasteiger partial charge in [-0.1, -0.05) is 0 Å². The van der Waals surface area contributed by atoms with Crippen molar-refractivity contribution >= 4 is 37.3 Å². The second-order valence-electron chi connectivity index (χ2n) is 5.94. The maximum absolute atomic E-state index is 12.1. The van der Waals surface area contributed by atoms with Crippen molar-refractivity contribution in [1.82, 2.24) is 5.32 Å². The van der Waals surface area contributed by atoms with E-state index in [9.17, 15) is 33.7 Å². The summed E-state index contributed by atoms with van der Waals surface area (Å²) in [6, 6.07) is 4.14. The monoisotopic (exact) mass is 448 g/mol. The Labute approximate surface area is 170 Å². The first-order valence-electron chi connectivity index (χ1n) is 8.41. The summed E-state index contributed by atoms with van der Waals surface area (Å²) in [5.74, 6) is -5.18. The molecule has 30 heavy (non-hydrogen) atoms. The zero-order valence-electron chi connectivity index (χ0n) is 15.5. The van der Waals surface area contributed by atoms with E-state index in [-0.39, 0.29) is 5.56 Å². The van der Waals surface area contributed by atoms with Crippen molar-refractivity contribution in [3.8, 4) is 0 Å². The van der Waals surface area contributed by atoms with Gasteiger partial charge in [-0.2, -0.15) is 0 Å². The molecule has 0 spiro atoms. The molecule has 13 nitrogen and oxygen atoms in total. The lowest BCUT2D eigenvalue weighted by molar-refractivity contribution is -0.147. The third kappa shape index (κ3) is 9.01. The Kier molecular flexibility index (Phi) is 9.40. The SMILES string of the molecule is Nc1ccc(C(=O)N[C@@H](CCOP(=O)(O)O[C@@H](CCC(=O)O)C(=O)O)C(=O)O)cc1. The van der Waals surface area contributed by atoms with Gasteiger partial charge in [0, 0.05) is 24.1 Å². The highest BCUT2D eigenvalue weighted by Gasteiger charge is 2.32. The van der Waals surface area contributed by atoms with E-state index in [1.807, 2.05) is 0 Å². The molecular formula is C16H21N2O11P. The lowest BCUT2D eigenvalue weighted by Crippen LogP contribution is -2.41. The topological polar surface area (TPSA) is 223 Å². The van der Waals surface area contributed by atoms with Crippen molar-refractivity contribution in [2.75, 3.05) is 12.3 Å². The number of hydrogen-bond donors (Lipinski definition) is 6. The Hall–Kier alpha value is -2.99. The van der Waals surface area contributed by atoms with Crippen molar-refractivity contribution in [3.05, 3.63) is 29.8 Å². The number of phosphoric acid groups is 1. The maximum atomic E-state index is 12.1. The third-order valence-electron chi connectivity index (χ3n) is 3.59. The minimum Gasteiger partial charge on any atom is -0.481 e. The number of carbonyl (C=O) groups excluding carboxylic acids is 1. The van der Waals surface area contributed by atoms with Crippen molar-refractivity contribution in [1.29, 1.82) is 0 Å². The summed E-state index contributed by atoms with van der Waals surface area (Å²) in [5.41, 5.74) is 6.03. The van der Waals surface area contributed by atoms with Crippen LogP contribution in [-0.4, -0.2) is 62.8 Å². The van der Waals surface area contributed by atoms with Gasteiger partial charge in [0.25, 0.3) is 5.91 Å². The molecule has 0 bridgehead atoms. The van der Waals surface area contributed by atoms with Crippen LogP contribution in [0.2, 0.25) is 0 Å². The number of nitrogens with two attached hydrogens (primary N) is 1. The van der Waals surface area contributed by atoms with Crippen molar-refractivity contribution in [3.63, 3.8) is 0 Å². The number of carboxylic acids is 3. The molecule has 0 fully saturated rings. The van der Waals surface area contributed by atoms with E-state index >= 15 is 0 Å². The van der Waals surface area contributed by atoms with E-state index in [0.717, 1.165) is 0 Å². The molecule has 7 N–H and O–H groups in total. The minimum absolute atomic E-state index is 0.135. The second-order valence-corrected chi connectivity index (χ2v) is 7.35. The smallest absolute Gasteiger partial charge is 0.473 e. The lowest BCUT2D eigenvalue weighted by atomic mass is 10.1. The minimum atomic E-state index is -4.94. The number of anilines is 1. The number of phosphoric ester groups is 1. The first-order valence-corrected chi connectivity index (χ1v) is 9.90. The zero-order chi connectivity index (χ0) is 22.9. The first kappa shape index (κ1) is 25.0. The highest BCUT2D eigenvalue weighted by molar-refractivity contribution is 7.47. The van der Waals surface area contributed by atoms with Crippen LogP contribution in [-0.2, 0) is 28.0 Å². The molecule has 3 atom stereocenters. The van der Waals surface area contributed by atoms with Gasteiger partial charge in [-0.25, -0.2) is 14.2 Å². The Morgan fingerprint density at radius 3 is 2.13 bits per heavy atom. The van der Waals surface area contributed by atoms with Crippen LogP contribution >= 0.6 is 7.82 Å². The normalized spacial score (nSPS) is 14.8. The number of nitrogens with one attached hydrogen (secondary N) is 1. The molecule has 1 unspecified atom stereocenters. The molecule has 0 aliphatic carbocycles. The summed E-state index contributed by atoms with van der Waals surface area (Å²) in [4.78, 5) is 54.5. The molecule has 1 aromatic carbocycles. The van der Waals surface area contributed by atoms with Gasteiger partial charge in [-0.05, 0) is 30.7 Å². The first-order chi connectivity index (χ1) is 13.9. The summed E-state index contributed by atoms with van der Waals surface area (Å²) in [5, 5.41) is 28.9. The van der Waals surface area contributed by atoms with Crippen molar-refractivity contribution in [2.45, 2.75) is 31.4 Å². The van der Waals surface area contributed by atoms with Crippen LogP contribution in [0.1, 0.15) is 29.6 Å². The van der Waals surface area contributed by atoms with Crippen LogP contribution in [0.4, 0.5) is 5.69 Å². The van der Waals surface area contributed by atoms with Crippen LogP contribution in [0.25, 0.3) is 0 Å². The summed E-state index contributed by atoms with van der Waals surface area (Å²) < 4.78 is 20.8. The fraction of sp³-hybridized carbons (Fsp3) is 0.375. The Balaban J connectivity index is 2.63. The average Bonchev–Trinajstić information content (AvgIpc) is 2.64. The molecule has 0 saturated carbocycles. The highest BCUT2D eigenvalue weighted by atomic mass is 31.2. The van der Waals surface area contributed by atoms with E-state index in [1.165, 1.54) is 24.3 Å². The number of carboxylic acid groups (broad SMARTS) is 3. The largest absolute Gasteiger partial charge is 0.481 e. The Morgan fingerprint density at radius 1 is 1.03 bits per heavy atom. The van der Waals surface area contributed by atoms with Crippen molar-refractivity contribution < 1.29 is 53.0 Å². The van der Waals surface area contributed by atoms with E-state index in [4.69, 9.17) is 15.9 Å². The molecule has 0 saturated heterocycles. The Morgan fingerprint density at radius 2 is 1.63 bits per heavy atom. The van der Waals surface area contributed by atoms with Crippen LogP contribution < -0.4 is 11.1 Å². The van der Waals surface area contributed by atoms with E-state index in [0.29, 0.717) is 5.69 Å². The van der Waals surface area contributed by atoms with Crippen LogP contribution in [0.3, 0.4) is 0 Å². The fourth-order valence-electron chi connectivity index (χ4n) is 2.09. The van der Waals surface area contributed by atoms with E-state index in [1.54, 1.807) is 0 Å². The van der Waals surface area contributed by atoms with Crippen LogP contribution in [0, 0.1) is 0 Å². The van der Waals surface area contributed by atoms with Crippen LogP contribution in [0.5, 0.6) is 0 Å². The number of hydrogen-bond acceptors (Lipinski definition) is 8. The molecule has 0 aromatic heterocycles. The van der Waals surface area contributed by atoms with Gasteiger partial charge in [0.05, 0.1) is 6.61 Å². The zero-order valence-corrected chi connectivity index (χ0v) is 16.4. The molecule has 1 rings (SSSR count). The van der Waals surface area contributed by atoms with Gasteiger partial charge in [0.1, 0.15) is 6.04 Å². The number of amides is 1. The fourth-order valence-corrected chi connectivity index (χ4v) is 3.00. The second kappa shape index (κ2) is 11.3. The summed E-state index contributed by atoms with van der Waals surface area (Å²) >= 11 is 0. The summed E-state index contributed by atoms with van der Waals surface area (Å²) in [6.07, 6.45) is -3.59. The van der Waals surface area contributed by atoms with Gasteiger partial charge in [0.15, 0.2) is 6.10 Å². The van der Waals surface area contributed by atoms with Crippen LogP contribution in [0.15, 0.2) is 24.3 Å². The molecule has 1 aromatic rings. The third-order valence-corrected chi connectivity index (χ3v) is 4.62. The number of carbonyl (C=O) groups is 4. The van der Waals surface area contributed by atoms with Gasteiger partial charge >= 0.3 is 25.7 Å². The number of nitrogen functional groups attached to an aromatic ring is 1. The van der Waals surface area contributed by atoms with Gasteiger partial charge < -0.3 is 31.3 Å². The maximum Gasteiger partial charge on any atom is 0.473 e. The number of rotatable bonds is 13. The van der Waals surface area contributed by atoms with E-state index in [2.05, 4.69) is 14.4 Å². The number of benzene rings is 1. The Bertz CT molecular complexity index is 827. The molecular weight excluding hydrogens is 427 g/mol. The molecule has 0 radical (unpaired) electrons. The molecule has 0 heterocycles. The van der Waals surface area contributed by atoms with Gasteiger partial charge in [0.2, 0.25) is 0 Å². The highest BCUT2D eigenvalue weighted by Crippen LogP contribution is 2.45. The van der Waals surface area contributed by atoms with Crippen molar-refractivity contribution in [2.24, 2.45) is 0 Å². The average molecular weight is 448 g/mol. The quantitative estimate of drug-likeness (QED) is 0.177. The number of aliphatic carboxylic acids is 3. The molecule has 166 valence electrons. The predicted octanol–water partition coefficient (Wildman–Crippen LogP) is 0.294. The van der Waals surface area contributed by atoms with Gasteiger partial charge in [-0.3, -0.25) is 18.6 Å². The summed E-state index contributed by atoms with van der Waals surface area (Å²) in [6.45, 7) is -0.683. The summed E-state index contributed by atoms with van der Waals surface area (Å²) in [7, 11) is -4.94. The van der Waals surface area contributed by atoms with E-state index < -0.39 is 69.7 Å².